The zero-order valence-corrected chi connectivity index (χ0v) is 9.78. The Morgan fingerprint density at radius 2 is 1.88 bits per heavy atom. The summed E-state index contributed by atoms with van der Waals surface area (Å²) in [5.74, 6) is 0.537. The van der Waals surface area contributed by atoms with Crippen LogP contribution in [0.4, 0.5) is 0 Å². The van der Waals surface area contributed by atoms with Crippen molar-refractivity contribution in [1.82, 2.24) is 0 Å². The normalized spacial score (nSPS) is 10.1. The number of hydrogen-bond donors (Lipinski definition) is 2. The van der Waals surface area contributed by atoms with E-state index < -0.39 is 14.6 Å². The maximum Gasteiger partial charge on any atom is 0.701 e. The summed E-state index contributed by atoms with van der Waals surface area (Å²) in [7, 11) is -3.05. The van der Waals surface area contributed by atoms with E-state index in [0.29, 0.717) is 12.4 Å². The predicted molar refractivity (Wildman–Crippen MR) is 65.0 cm³/mol. The van der Waals surface area contributed by atoms with Gasteiger partial charge in [-0.15, -0.1) is 0 Å². The van der Waals surface area contributed by atoms with Gasteiger partial charge in [0.2, 0.25) is 0 Å². The van der Waals surface area contributed by atoms with Crippen LogP contribution in [0.15, 0.2) is 30.3 Å². The Kier molecular flexibility index (Phi) is 6.72. The zero-order chi connectivity index (χ0) is 12.5. The minimum atomic E-state index is -1.93. The van der Waals surface area contributed by atoms with Crippen molar-refractivity contribution in [3.63, 3.8) is 0 Å². The molecular weight excluding hydrogens is 222 g/mol. The van der Waals surface area contributed by atoms with Gasteiger partial charge in [0.25, 0.3) is 0 Å². The molecule has 0 saturated carbocycles. The molecule has 0 unspecified atom stereocenters. The Morgan fingerprint density at radius 1 is 1.18 bits per heavy atom. The highest BCUT2D eigenvalue weighted by Gasteiger charge is 2.29. The van der Waals surface area contributed by atoms with Gasteiger partial charge in [-0.05, 0) is 18.6 Å². The number of unbranched alkanes of at least 4 members (excludes halogenated alkanes) is 1. The van der Waals surface area contributed by atoms with Crippen LogP contribution in [0.2, 0.25) is 0 Å². The molecule has 1 aromatic rings. The molecule has 17 heavy (non-hydrogen) atoms. The highest BCUT2D eigenvalue weighted by Crippen LogP contribution is 2.10. The fourth-order valence-corrected chi connectivity index (χ4v) is 1.13. The molecule has 0 aliphatic heterocycles. The van der Waals surface area contributed by atoms with Crippen LogP contribution < -0.4 is 4.65 Å². The number of benzene rings is 1. The van der Waals surface area contributed by atoms with Crippen molar-refractivity contribution in [3.8, 4) is 5.75 Å². The van der Waals surface area contributed by atoms with E-state index >= 15 is 0 Å². The first kappa shape index (κ1) is 14.1. The number of hydrogen-bond acceptors (Lipinski definition) is 5. The maximum atomic E-state index is 8.73. The van der Waals surface area contributed by atoms with E-state index in [9.17, 15) is 0 Å². The van der Waals surface area contributed by atoms with Crippen LogP contribution in [0.3, 0.4) is 0 Å². The molecule has 1 aromatic carbocycles. The van der Waals surface area contributed by atoms with Crippen molar-refractivity contribution in [3.05, 3.63) is 30.3 Å². The molecule has 0 saturated heterocycles. The van der Waals surface area contributed by atoms with Crippen molar-refractivity contribution in [1.29, 1.82) is 0 Å². The van der Waals surface area contributed by atoms with Gasteiger partial charge < -0.3 is 23.9 Å². The number of para-hydroxylation sites is 1. The minimum Gasteiger partial charge on any atom is -0.513 e. The molecule has 0 aromatic heterocycles. The van der Waals surface area contributed by atoms with Crippen molar-refractivity contribution in [2.24, 2.45) is 0 Å². The lowest BCUT2D eigenvalue weighted by Gasteiger charge is -2.14. The van der Waals surface area contributed by atoms with Crippen LogP contribution in [0.1, 0.15) is 19.8 Å². The largest absolute Gasteiger partial charge is 0.701 e. The van der Waals surface area contributed by atoms with E-state index in [1.54, 1.807) is 24.3 Å². The average molecular weight is 238 g/mol. The van der Waals surface area contributed by atoms with Crippen LogP contribution in [0, 0.1) is 0 Å². The molecule has 1 rings (SSSR count). The van der Waals surface area contributed by atoms with E-state index in [0.717, 1.165) is 12.8 Å². The highest BCUT2D eigenvalue weighted by atomic mass is 16.8. The summed E-state index contributed by atoms with van der Waals surface area (Å²) in [6.07, 6.45) is 1.82. The molecule has 92 valence electrons. The quantitative estimate of drug-likeness (QED) is 0.519. The van der Waals surface area contributed by atoms with Crippen LogP contribution in [-0.4, -0.2) is 31.3 Å². The van der Waals surface area contributed by atoms with Crippen molar-refractivity contribution in [2.75, 3.05) is 6.61 Å². The molecule has 0 spiro atoms. The standard InChI is InChI=1S/C10H16B2O5/c1-2-3-9-15-12(17-11(13)14)16-10-7-5-4-6-8-10/h4-8,13-14H,2-3,9H2,1H3. The highest BCUT2D eigenvalue weighted by molar-refractivity contribution is 6.50. The summed E-state index contributed by atoms with van der Waals surface area (Å²) in [6.45, 7) is 2.46. The van der Waals surface area contributed by atoms with E-state index in [2.05, 4.69) is 4.57 Å². The monoisotopic (exact) mass is 238 g/mol. The SMILES string of the molecule is CCCCOB(OB(O)O)Oc1ccccc1. The molecular formula is C10H16B2O5. The summed E-state index contributed by atoms with van der Waals surface area (Å²) in [6, 6.07) is 8.90. The fraction of sp³-hybridized carbons (Fsp3) is 0.400. The molecule has 0 aliphatic rings. The summed E-state index contributed by atoms with van der Waals surface area (Å²) >= 11 is 0. The third kappa shape index (κ3) is 6.33. The average Bonchev–Trinajstić information content (AvgIpc) is 2.30. The Hall–Kier alpha value is -1.01. The van der Waals surface area contributed by atoms with Crippen LogP contribution in [0.25, 0.3) is 0 Å². The Balaban J connectivity index is 2.45. The topological polar surface area (TPSA) is 68.2 Å². The Bertz CT molecular complexity index is 296. The third-order valence-electron chi connectivity index (χ3n) is 1.96. The first-order valence-electron chi connectivity index (χ1n) is 5.57. The van der Waals surface area contributed by atoms with E-state index in [-0.39, 0.29) is 0 Å². The molecule has 0 aliphatic carbocycles. The van der Waals surface area contributed by atoms with Gasteiger partial charge in [0.15, 0.2) is 0 Å². The minimum absolute atomic E-state index is 0.431. The van der Waals surface area contributed by atoms with E-state index in [4.69, 9.17) is 19.4 Å². The van der Waals surface area contributed by atoms with Gasteiger partial charge in [-0.3, -0.25) is 0 Å². The second kappa shape index (κ2) is 8.14. The molecule has 0 heterocycles. The molecule has 0 radical (unpaired) electrons. The van der Waals surface area contributed by atoms with Crippen LogP contribution in [0.5, 0.6) is 5.75 Å². The molecule has 0 bridgehead atoms. The van der Waals surface area contributed by atoms with E-state index in [1.807, 2.05) is 13.0 Å². The molecule has 2 N–H and O–H groups in total. The summed E-state index contributed by atoms with van der Waals surface area (Å²) < 4.78 is 15.2. The van der Waals surface area contributed by atoms with Gasteiger partial charge in [-0.2, -0.15) is 0 Å². The van der Waals surface area contributed by atoms with E-state index in [1.165, 1.54) is 0 Å². The van der Waals surface area contributed by atoms with Gasteiger partial charge in [0, 0.05) is 6.61 Å². The van der Waals surface area contributed by atoms with Crippen LogP contribution in [-0.2, 0) is 9.23 Å². The molecule has 0 amide bonds. The number of rotatable bonds is 8. The lowest BCUT2D eigenvalue weighted by molar-refractivity contribution is 0.164. The lowest BCUT2D eigenvalue weighted by atomic mass is 10.1. The molecule has 0 fully saturated rings. The molecule has 0 atom stereocenters. The zero-order valence-electron chi connectivity index (χ0n) is 9.78. The lowest BCUT2D eigenvalue weighted by Crippen LogP contribution is -2.37. The smallest absolute Gasteiger partial charge is 0.513 e. The van der Waals surface area contributed by atoms with Crippen molar-refractivity contribution >= 4 is 14.6 Å². The maximum absolute atomic E-state index is 8.73. The van der Waals surface area contributed by atoms with Gasteiger partial charge in [0.05, 0.1) is 0 Å². The second-order valence-electron chi connectivity index (χ2n) is 3.41. The molecule has 5 nitrogen and oxygen atoms in total. The molecule has 7 heteroatoms. The van der Waals surface area contributed by atoms with Crippen molar-refractivity contribution in [2.45, 2.75) is 19.8 Å². The first-order chi connectivity index (χ1) is 8.22. The Morgan fingerprint density at radius 3 is 2.47 bits per heavy atom. The Labute approximate surface area is 102 Å². The first-order valence-corrected chi connectivity index (χ1v) is 5.57. The summed E-state index contributed by atoms with van der Waals surface area (Å²) in [5.41, 5.74) is 0. The second-order valence-corrected chi connectivity index (χ2v) is 3.41. The summed E-state index contributed by atoms with van der Waals surface area (Å²) in [4.78, 5) is 0. The third-order valence-corrected chi connectivity index (χ3v) is 1.96. The van der Waals surface area contributed by atoms with Gasteiger partial charge in [-0.1, -0.05) is 31.5 Å². The van der Waals surface area contributed by atoms with Gasteiger partial charge in [0.1, 0.15) is 5.75 Å². The summed E-state index contributed by atoms with van der Waals surface area (Å²) in [5, 5.41) is 17.5. The predicted octanol–water partition coefficient (Wildman–Crippen LogP) is 0.853. The fourth-order valence-electron chi connectivity index (χ4n) is 1.13. The van der Waals surface area contributed by atoms with Gasteiger partial charge in [-0.25, -0.2) is 0 Å². The van der Waals surface area contributed by atoms with Crippen LogP contribution >= 0.6 is 0 Å². The van der Waals surface area contributed by atoms with Crippen molar-refractivity contribution < 1.29 is 23.9 Å². The van der Waals surface area contributed by atoms with Gasteiger partial charge >= 0.3 is 14.6 Å².